The lowest BCUT2D eigenvalue weighted by molar-refractivity contribution is 0.0954. The lowest BCUT2D eigenvalue weighted by Gasteiger charge is -2.17. The molecule has 0 radical (unpaired) electrons. The summed E-state index contributed by atoms with van der Waals surface area (Å²) in [4.78, 5) is 18.5. The molecule has 1 N–H and O–H groups in total. The molecule has 2 heterocycles. The van der Waals surface area contributed by atoms with Gasteiger partial charge in [0.1, 0.15) is 0 Å². The number of hydrogen-bond acceptors (Lipinski definition) is 5. The van der Waals surface area contributed by atoms with E-state index in [-0.39, 0.29) is 5.91 Å². The highest BCUT2D eigenvalue weighted by Crippen LogP contribution is 2.27. The molecule has 6 nitrogen and oxygen atoms in total. The Labute approximate surface area is 169 Å². The van der Waals surface area contributed by atoms with Crippen molar-refractivity contribution in [2.45, 2.75) is 13.3 Å². The van der Waals surface area contributed by atoms with Crippen LogP contribution in [0, 0.1) is 0 Å². The fourth-order valence-corrected chi connectivity index (χ4v) is 4.64. The second-order valence-electron chi connectivity index (χ2n) is 6.41. The molecule has 3 aromatic rings. The van der Waals surface area contributed by atoms with Gasteiger partial charge in [-0.15, -0.1) is 11.3 Å². The molecule has 0 saturated heterocycles. The molecule has 0 aliphatic carbocycles. The maximum Gasteiger partial charge on any atom is 0.252 e. The lowest BCUT2D eigenvalue weighted by atomic mass is 10.1. The molecule has 0 spiro atoms. The van der Waals surface area contributed by atoms with Crippen molar-refractivity contribution in [3.63, 3.8) is 0 Å². The molecule has 1 amide bonds. The standard InChI is InChI=1S/C20H23N3O3S2/c1-3-23(28(2,25)26)12-7-11-21-20(24)16-14-18(19-10-6-13-27-19)22-17-9-5-4-8-15(16)17/h4-6,8-10,13-14H,3,7,11-12H2,1-2H3,(H,21,24). The number of pyridine rings is 1. The number of amides is 1. The largest absolute Gasteiger partial charge is 0.352 e. The van der Waals surface area contributed by atoms with Crippen molar-refractivity contribution >= 4 is 38.2 Å². The van der Waals surface area contributed by atoms with Crippen LogP contribution >= 0.6 is 11.3 Å². The number of benzene rings is 1. The van der Waals surface area contributed by atoms with Crippen LogP contribution in [-0.4, -0.2) is 49.5 Å². The van der Waals surface area contributed by atoms with Gasteiger partial charge in [0.05, 0.1) is 27.9 Å². The van der Waals surface area contributed by atoms with Gasteiger partial charge in [-0.2, -0.15) is 0 Å². The van der Waals surface area contributed by atoms with Gasteiger partial charge in [-0.05, 0) is 30.0 Å². The first kappa shape index (κ1) is 20.4. The van der Waals surface area contributed by atoms with Crippen LogP contribution in [0.5, 0.6) is 0 Å². The Bertz CT molecular complexity index is 1060. The Morgan fingerprint density at radius 2 is 2.00 bits per heavy atom. The average molecular weight is 418 g/mol. The number of para-hydroxylation sites is 1. The van der Waals surface area contributed by atoms with E-state index in [1.54, 1.807) is 18.3 Å². The molecule has 148 valence electrons. The van der Waals surface area contributed by atoms with Gasteiger partial charge in [0.2, 0.25) is 10.0 Å². The van der Waals surface area contributed by atoms with Gasteiger partial charge in [-0.3, -0.25) is 4.79 Å². The minimum Gasteiger partial charge on any atom is -0.352 e. The van der Waals surface area contributed by atoms with Gasteiger partial charge in [0.25, 0.3) is 5.91 Å². The highest BCUT2D eigenvalue weighted by molar-refractivity contribution is 7.88. The third-order valence-electron chi connectivity index (χ3n) is 4.43. The molecule has 0 atom stereocenters. The Kier molecular flexibility index (Phi) is 6.43. The molecule has 0 unspecified atom stereocenters. The zero-order valence-electron chi connectivity index (χ0n) is 15.9. The van der Waals surface area contributed by atoms with Gasteiger partial charge in [-0.1, -0.05) is 31.2 Å². The van der Waals surface area contributed by atoms with Crippen molar-refractivity contribution < 1.29 is 13.2 Å². The summed E-state index contributed by atoms with van der Waals surface area (Å²) in [6.07, 6.45) is 1.75. The van der Waals surface area contributed by atoms with Crippen molar-refractivity contribution in [2.24, 2.45) is 0 Å². The number of carbonyl (C=O) groups excluding carboxylic acids is 1. The minimum absolute atomic E-state index is 0.182. The molecular formula is C20H23N3O3S2. The SMILES string of the molecule is CCN(CCCNC(=O)c1cc(-c2cccs2)nc2ccccc12)S(C)(=O)=O. The van der Waals surface area contributed by atoms with Crippen LogP contribution in [-0.2, 0) is 10.0 Å². The number of aromatic nitrogens is 1. The van der Waals surface area contributed by atoms with E-state index in [2.05, 4.69) is 10.3 Å². The number of thiophene rings is 1. The average Bonchev–Trinajstić information content (AvgIpc) is 3.20. The second kappa shape index (κ2) is 8.81. The van der Waals surface area contributed by atoms with E-state index < -0.39 is 10.0 Å². The summed E-state index contributed by atoms with van der Waals surface area (Å²) in [6.45, 7) is 3.00. The van der Waals surface area contributed by atoms with Gasteiger partial charge >= 0.3 is 0 Å². The molecule has 0 aliphatic heterocycles. The van der Waals surface area contributed by atoms with E-state index in [4.69, 9.17) is 0 Å². The van der Waals surface area contributed by atoms with Crippen LogP contribution in [0.1, 0.15) is 23.7 Å². The van der Waals surface area contributed by atoms with Gasteiger partial charge < -0.3 is 5.32 Å². The van der Waals surface area contributed by atoms with E-state index in [1.165, 1.54) is 10.6 Å². The molecular weight excluding hydrogens is 394 g/mol. The number of hydrogen-bond donors (Lipinski definition) is 1. The van der Waals surface area contributed by atoms with E-state index >= 15 is 0 Å². The van der Waals surface area contributed by atoms with Gasteiger partial charge in [0, 0.05) is 25.0 Å². The Morgan fingerprint density at radius 1 is 1.21 bits per heavy atom. The predicted molar refractivity (Wildman–Crippen MR) is 114 cm³/mol. The smallest absolute Gasteiger partial charge is 0.252 e. The first-order chi connectivity index (χ1) is 13.4. The van der Waals surface area contributed by atoms with E-state index in [0.717, 1.165) is 21.5 Å². The zero-order chi connectivity index (χ0) is 20.1. The zero-order valence-corrected chi connectivity index (χ0v) is 17.5. The quantitative estimate of drug-likeness (QED) is 0.570. The summed E-state index contributed by atoms with van der Waals surface area (Å²) >= 11 is 1.58. The van der Waals surface area contributed by atoms with E-state index in [1.807, 2.05) is 47.8 Å². The van der Waals surface area contributed by atoms with E-state index in [0.29, 0.717) is 31.6 Å². The fraction of sp³-hybridized carbons (Fsp3) is 0.300. The molecule has 0 bridgehead atoms. The predicted octanol–water partition coefficient (Wildman–Crippen LogP) is 3.36. The highest BCUT2D eigenvalue weighted by Gasteiger charge is 2.16. The normalized spacial score (nSPS) is 11.8. The molecule has 28 heavy (non-hydrogen) atoms. The summed E-state index contributed by atoms with van der Waals surface area (Å²) in [7, 11) is -3.21. The Morgan fingerprint density at radius 3 is 2.68 bits per heavy atom. The third-order valence-corrected chi connectivity index (χ3v) is 6.70. The highest BCUT2D eigenvalue weighted by atomic mass is 32.2. The lowest BCUT2D eigenvalue weighted by Crippen LogP contribution is -2.33. The molecule has 2 aromatic heterocycles. The Balaban J connectivity index is 1.76. The van der Waals surface area contributed by atoms with Crippen molar-refractivity contribution in [3.05, 3.63) is 53.4 Å². The first-order valence-electron chi connectivity index (χ1n) is 9.07. The van der Waals surface area contributed by atoms with Crippen LogP contribution < -0.4 is 5.32 Å². The van der Waals surface area contributed by atoms with Crippen LogP contribution in [0.4, 0.5) is 0 Å². The minimum atomic E-state index is -3.21. The fourth-order valence-electron chi connectivity index (χ4n) is 3.02. The molecule has 0 fully saturated rings. The topological polar surface area (TPSA) is 79.4 Å². The summed E-state index contributed by atoms with van der Waals surface area (Å²) in [6, 6.07) is 13.3. The number of sulfonamides is 1. The number of carbonyl (C=O) groups is 1. The van der Waals surface area contributed by atoms with Crippen molar-refractivity contribution in [1.29, 1.82) is 0 Å². The van der Waals surface area contributed by atoms with Crippen LogP contribution in [0.3, 0.4) is 0 Å². The monoisotopic (exact) mass is 417 g/mol. The Hall–Kier alpha value is -2.29. The molecule has 3 rings (SSSR count). The molecule has 0 aliphatic rings. The summed E-state index contributed by atoms with van der Waals surface area (Å²) in [5.41, 5.74) is 2.12. The summed E-state index contributed by atoms with van der Waals surface area (Å²) in [5.74, 6) is -0.182. The summed E-state index contributed by atoms with van der Waals surface area (Å²) < 4.78 is 24.7. The molecule has 8 heteroatoms. The maximum atomic E-state index is 12.8. The van der Waals surface area contributed by atoms with Crippen LogP contribution in [0.25, 0.3) is 21.5 Å². The van der Waals surface area contributed by atoms with Crippen molar-refractivity contribution in [1.82, 2.24) is 14.6 Å². The van der Waals surface area contributed by atoms with Crippen molar-refractivity contribution in [3.8, 4) is 10.6 Å². The molecule has 0 saturated carbocycles. The van der Waals surface area contributed by atoms with Crippen LogP contribution in [0.15, 0.2) is 47.8 Å². The first-order valence-corrected chi connectivity index (χ1v) is 11.8. The van der Waals surface area contributed by atoms with Crippen molar-refractivity contribution in [2.75, 3.05) is 25.9 Å². The van der Waals surface area contributed by atoms with Gasteiger partial charge in [0.15, 0.2) is 0 Å². The summed E-state index contributed by atoms with van der Waals surface area (Å²) in [5, 5.41) is 5.69. The molecule has 1 aromatic carbocycles. The number of nitrogens with one attached hydrogen (secondary N) is 1. The van der Waals surface area contributed by atoms with E-state index in [9.17, 15) is 13.2 Å². The van der Waals surface area contributed by atoms with Gasteiger partial charge in [-0.25, -0.2) is 17.7 Å². The maximum absolute atomic E-state index is 12.8. The second-order valence-corrected chi connectivity index (χ2v) is 9.34. The number of rotatable bonds is 8. The number of nitrogens with zero attached hydrogens (tertiary/aromatic N) is 2. The number of fused-ring (bicyclic) bond motifs is 1. The third kappa shape index (κ3) is 4.76. The van der Waals surface area contributed by atoms with Crippen LogP contribution in [0.2, 0.25) is 0 Å².